The van der Waals surface area contributed by atoms with Crippen LogP contribution in [0.2, 0.25) is 1.41 Å². The fraction of sp³-hybridized carbons (Fsp3) is 1.00. The Morgan fingerprint density at radius 1 is 1.14 bits per heavy atom. The largest absolute Gasteiger partial charge is 0.330 e. The molecule has 0 radical (unpaired) electrons. The average Bonchev–Trinajstić information content (AvgIpc) is 1.81. The molecule has 0 aliphatic carbocycles. The molecule has 0 amide bonds. The van der Waals surface area contributed by atoms with Crippen molar-refractivity contribution in [3.8, 4) is 0 Å². The van der Waals surface area contributed by atoms with Crippen molar-refractivity contribution < 1.29 is 1.41 Å². The Hall–Kier alpha value is -0.0800. The molecular weight excluding hydrogens is 88.1 g/mol. The van der Waals surface area contributed by atoms with Crippen LogP contribution in [0.3, 0.4) is 0 Å². The third-order valence-electron chi connectivity index (χ3n) is 0.881. The van der Waals surface area contributed by atoms with Crippen LogP contribution in [0.1, 0.15) is 19.3 Å². The molecule has 7 heavy (non-hydrogen) atoms. The van der Waals surface area contributed by atoms with E-state index in [0.717, 1.165) is 32.4 Å². The highest BCUT2D eigenvalue weighted by molar-refractivity contribution is 4.41. The van der Waals surface area contributed by atoms with Crippen LogP contribution in [0.25, 0.3) is 0 Å². The quantitative estimate of drug-likeness (QED) is 0.484. The molecule has 0 rings (SSSR count). The summed E-state index contributed by atoms with van der Waals surface area (Å²) in [6.45, 7) is 1.57. The lowest BCUT2D eigenvalue weighted by molar-refractivity contribution is 0.695. The third-order valence-corrected chi connectivity index (χ3v) is 0.881. The third kappa shape index (κ3) is 5.92. The molecule has 0 fully saturated rings. The lowest BCUT2D eigenvalue weighted by Gasteiger charge is -1.91. The zero-order chi connectivity index (χ0) is 6.24. The van der Waals surface area contributed by atoms with Gasteiger partial charge in [-0.25, -0.2) is 0 Å². The Morgan fingerprint density at radius 2 is 1.86 bits per heavy atom. The minimum absolute atomic E-state index is 0.776. The number of rotatable bonds is 5. The van der Waals surface area contributed by atoms with Gasteiger partial charge in [0.15, 0.2) is 0 Å². The summed E-state index contributed by atoms with van der Waals surface area (Å²) in [7, 11) is 0. The van der Waals surface area contributed by atoms with Gasteiger partial charge in [0, 0.05) is 0 Å². The van der Waals surface area contributed by atoms with E-state index in [4.69, 9.17) is 7.15 Å². The monoisotopic (exact) mass is 103 g/mol. The molecule has 0 heterocycles. The first kappa shape index (κ1) is 5.06. The van der Waals surface area contributed by atoms with E-state index in [1.807, 2.05) is 0 Å². The predicted octanol–water partition coefficient (Wildman–Crippen LogP) is 0.0741. The molecule has 0 aliphatic heterocycles. The maximum atomic E-state index is 6.56. The van der Waals surface area contributed by atoms with Crippen LogP contribution < -0.4 is 11.5 Å². The highest BCUT2D eigenvalue weighted by Gasteiger charge is 1.80. The molecule has 2 nitrogen and oxygen atoms in total. The molecule has 0 aliphatic rings. The lowest BCUT2D eigenvalue weighted by atomic mass is 10.2. The second-order valence-electron chi connectivity index (χ2n) is 1.60. The van der Waals surface area contributed by atoms with Gasteiger partial charge in [-0.3, -0.25) is 0 Å². The maximum absolute atomic E-state index is 6.56. The average molecular weight is 103 g/mol. The van der Waals surface area contributed by atoms with E-state index in [1.165, 1.54) is 0 Å². The summed E-state index contributed by atoms with van der Waals surface area (Å²) in [6.07, 6.45) is 3.30. The normalized spacial score (nSPS) is 11.3. The van der Waals surface area contributed by atoms with Crippen molar-refractivity contribution in [3.05, 3.63) is 0 Å². The highest BCUT2D eigenvalue weighted by atomic mass is 14.5. The highest BCUT2D eigenvalue weighted by Crippen LogP contribution is 1.88. The van der Waals surface area contributed by atoms with Gasteiger partial charge >= 0.3 is 0 Å². The molecule has 0 atom stereocenters. The van der Waals surface area contributed by atoms with Crippen LogP contribution in [0.4, 0.5) is 0 Å². The van der Waals surface area contributed by atoms with E-state index >= 15 is 0 Å². The molecular formula is C5H14N2. The zero-order valence-electron chi connectivity index (χ0n) is 5.61. The molecule has 4 N–H and O–H groups in total. The van der Waals surface area contributed by atoms with E-state index in [9.17, 15) is 0 Å². The van der Waals surface area contributed by atoms with E-state index in [2.05, 4.69) is 5.73 Å². The summed E-state index contributed by atoms with van der Waals surface area (Å²) in [5, 5.41) is 0. The maximum Gasteiger partial charge on any atom is 0.118 e. The Morgan fingerprint density at radius 3 is 2.43 bits per heavy atom. The van der Waals surface area contributed by atoms with Crippen molar-refractivity contribution in [2.45, 2.75) is 19.3 Å². The summed E-state index contributed by atoms with van der Waals surface area (Å²) in [4.78, 5) is 0. The van der Waals surface area contributed by atoms with Gasteiger partial charge in [-0.1, -0.05) is 6.42 Å². The summed E-state index contributed by atoms with van der Waals surface area (Å²) < 4.78 is 6.56. The molecule has 0 aromatic carbocycles. The molecule has 44 valence electrons. The summed E-state index contributed by atoms with van der Waals surface area (Å²) in [6, 6.07) is 0. The van der Waals surface area contributed by atoms with Crippen LogP contribution >= 0.6 is 0 Å². The molecule has 0 bridgehead atoms. The van der Waals surface area contributed by atoms with Crippen molar-refractivity contribution in [2.75, 3.05) is 13.1 Å². The topological polar surface area (TPSA) is 52.0 Å². The van der Waals surface area contributed by atoms with E-state index < -0.39 is 0 Å². The molecule has 2 heteroatoms. The van der Waals surface area contributed by atoms with Gasteiger partial charge in [-0.15, -0.1) is 0 Å². The number of hydrogen-bond donors (Lipinski definition) is 2. The van der Waals surface area contributed by atoms with Crippen LogP contribution in [0, 0.1) is 0 Å². The lowest BCUT2D eigenvalue weighted by Crippen LogP contribution is -2.02. The van der Waals surface area contributed by atoms with Crippen molar-refractivity contribution in [3.63, 3.8) is 0 Å². The van der Waals surface area contributed by atoms with Crippen LogP contribution in [-0.2, 0) is 0 Å². The van der Waals surface area contributed by atoms with Gasteiger partial charge in [0.2, 0.25) is 0 Å². The standard InChI is InChI=1S/C5H14N2/c6-4-2-1-3-5-7/h1-7H2/i/hD. The second-order valence-corrected chi connectivity index (χ2v) is 1.60. The van der Waals surface area contributed by atoms with Crippen molar-refractivity contribution >= 4 is 0 Å². The van der Waals surface area contributed by atoms with Gasteiger partial charge in [0.05, 0.1) is 0 Å². The van der Waals surface area contributed by atoms with Crippen LogP contribution in [-0.4, -0.2) is 13.1 Å². The first-order chi connectivity index (χ1) is 3.91. The Kier molecular flexibility index (Phi) is 4.28. The molecule has 0 spiro atoms. The SMILES string of the molecule is [2H]NCCCCCN. The molecule has 0 saturated carbocycles. The van der Waals surface area contributed by atoms with Gasteiger partial charge in [0.1, 0.15) is 1.41 Å². The van der Waals surface area contributed by atoms with E-state index in [0.29, 0.717) is 0 Å². The van der Waals surface area contributed by atoms with Crippen LogP contribution in [0.5, 0.6) is 0 Å². The summed E-state index contributed by atoms with van der Waals surface area (Å²) in [5.74, 6) is 0. The first-order valence-electron chi connectivity index (χ1n) is 3.26. The smallest absolute Gasteiger partial charge is 0.118 e. The van der Waals surface area contributed by atoms with Gasteiger partial charge in [0.25, 0.3) is 0 Å². The minimum atomic E-state index is 0.776. The van der Waals surface area contributed by atoms with Crippen molar-refractivity contribution in [1.82, 2.24) is 0 Å². The summed E-state index contributed by atoms with van der Waals surface area (Å²) in [5.41, 5.74) is 7.58. The zero-order valence-corrected chi connectivity index (χ0v) is 4.61. The Bertz CT molecular complexity index is 35.4. The van der Waals surface area contributed by atoms with Crippen molar-refractivity contribution in [2.24, 2.45) is 11.5 Å². The van der Waals surface area contributed by atoms with Gasteiger partial charge < -0.3 is 11.5 Å². The van der Waals surface area contributed by atoms with Crippen molar-refractivity contribution in [1.29, 1.82) is 0 Å². The first-order valence-corrected chi connectivity index (χ1v) is 2.76. The Balaban J connectivity index is 2.53. The van der Waals surface area contributed by atoms with Gasteiger partial charge in [-0.05, 0) is 25.9 Å². The fourth-order valence-electron chi connectivity index (χ4n) is 0.446. The number of nitrogens with two attached hydrogens (primary N) is 2. The fourth-order valence-corrected chi connectivity index (χ4v) is 0.446. The molecule has 0 unspecified atom stereocenters. The predicted molar refractivity (Wildman–Crippen MR) is 32.0 cm³/mol. The Labute approximate surface area is 46.3 Å². The summed E-state index contributed by atoms with van der Waals surface area (Å²) >= 11 is 0. The van der Waals surface area contributed by atoms with Crippen LogP contribution in [0.15, 0.2) is 0 Å². The molecule has 0 aromatic rings. The number of unbranched alkanes of at least 4 members (excludes halogenated alkanes) is 2. The van der Waals surface area contributed by atoms with E-state index in [1.54, 1.807) is 0 Å². The molecule has 0 saturated heterocycles. The number of hydrogen-bond acceptors (Lipinski definition) is 2. The van der Waals surface area contributed by atoms with Gasteiger partial charge in [-0.2, -0.15) is 0 Å². The van der Waals surface area contributed by atoms with E-state index in [-0.39, 0.29) is 0 Å². The second kappa shape index (κ2) is 5.92. The minimum Gasteiger partial charge on any atom is -0.330 e. The molecule has 0 aromatic heterocycles.